The second kappa shape index (κ2) is 9.84. The molecule has 1 aromatic heterocycles. The lowest BCUT2D eigenvalue weighted by molar-refractivity contribution is -0.119. The van der Waals surface area contributed by atoms with Crippen molar-refractivity contribution >= 4 is 38.9 Å². The molecule has 12 heteroatoms. The zero-order chi connectivity index (χ0) is 25.3. The van der Waals surface area contributed by atoms with Crippen LogP contribution in [0.25, 0.3) is 11.4 Å². The van der Waals surface area contributed by atoms with Crippen LogP contribution in [0.4, 0.5) is 15.9 Å². The number of sulfone groups is 1. The third-order valence-electron chi connectivity index (χ3n) is 5.79. The summed E-state index contributed by atoms with van der Waals surface area (Å²) in [6.07, 6.45) is 1.47. The minimum Gasteiger partial charge on any atom is -0.356 e. The summed E-state index contributed by atoms with van der Waals surface area (Å²) in [6.45, 7) is 5.21. The molecule has 1 amide bonds. The number of nitrogens with two attached hydrogens (primary N) is 1. The molecule has 2 aromatic carbocycles. The van der Waals surface area contributed by atoms with E-state index in [1.807, 2.05) is 18.7 Å². The zero-order valence-electron chi connectivity index (χ0n) is 19.1. The molecule has 35 heavy (non-hydrogen) atoms. The summed E-state index contributed by atoms with van der Waals surface area (Å²) in [6, 6.07) is 7.60. The van der Waals surface area contributed by atoms with Gasteiger partial charge in [-0.1, -0.05) is 23.7 Å². The van der Waals surface area contributed by atoms with Crippen LogP contribution < -0.4 is 15.5 Å². The van der Waals surface area contributed by atoms with E-state index in [4.69, 9.17) is 17.3 Å². The highest BCUT2D eigenvalue weighted by Gasteiger charge is 2.37. The predicted molar refractivity (Wildman–Crippen MR) is 131 cm³/mol. The minimum absolute atomic E-state index is 0.00569. The molecule has 0 saturated heterocycles. The summed E-state index contributed by atoms with van der Waals surface area (Å²) in [7, 11) is -4.06. The summed E-state index contributed by atoms with van der Waals surface area (Å²) in [5, 5.41) is 8.42. The number of nitrogens with zero attached hydrogens (tertiary/aromatic N) is 5. The first-order valence-corrected chi connectivity index (χ1v) is 13.0. The van der Waals surface area contributed by atoms with Crippen LogP contribution in [0.3, 0.4) is 0 Å². The maximum Gasteiger partial charge on any atom is 0.245 e. The fourth-order valence-corrected chi connectivity index (χ4v) is 5.63. The number of carbonyl (C=O) groups is 1. The number of hydrogen-bond acceptors (Lipinski definition) is 8. The van der Waals surface area contributed by atoms with E-state index >= 15 is 4.39 Å². The molecule has 2 N–H and O–H groups in total. The molecule has 0 spiro atoms. The first kappa shape index (κ1) is 25.0. The number of fused-ring (bicyclic) bond motifs is 1. The topological polar surface area (TPSA) is 122 Å². The summed E-state index contributed by atoms with van der Waals surface area (Å²) in [5.41, 5.74) is 6.56. The molecule has 1 atom stereocenters. The minimum atomic E-state index is -4.06. The Bertz CT molecular complexity index is 1370. The van der Waals surface area contributed by atoms with Gasteiger partial charge < -0.3 is 15.5 Å². The Morgan fingerprint density at radius 1 is 1.20 bits per heavy atom. The van der Waals surface area contributed by atoms with Gasteiger partial charge in [0.05, 0.1) is 40.7 Å². The van der Waals surface area contributed by atoms with Crippen LogP contribution in [0.1, 0.15) is 19.4 Å². The number of anilines is 2. The highest BCUT2D eigenvalue weighted by atomic mass is 35.5. The lowest BCUT2D eigenvalue weighted by Gasteiger charge is -2.25. The maximum atomic E-state index is 15.3. The molecule has 9 nitrogen and oxygen atoms in total. The van der Waals surface area contributed by atoms with Gasteiger partial charge in [0.15, 0.2) is 21.5 Å². The van der Waals surface area contributed by atoms with Crippen LogP contribution in [0.15, 0.2) is 47.5 Å². The van der Waals surface area contributed by atoms with Crippen molar-refractivity contribution in [3.05, 3.63) is 59.0 Å². The van der Waals surface area contributed by atoms with Gasteiger partial charge in [-0.3, -0.25) is 4.79 Å². The van der Waals surface area contributed by atoms with E-state index in [2.05, 4.69) is 15.2 Å². The molecule has 1 aliphatic heterocycles. The third kappa shape index (κ3) is 4.97. The van der Waals surface area contributed by atoms with Crippen molar-refractivity contribution in [1.82, 2.24) is 15.2 Å². The number of rotatable bonds is 6. The standard InChI is InChI=1S/C23H24ClFN6O3S/c1-3-30(4-2)21-11-27-29-22(28-21)16-9-19-20(10-17(16)25)35(33,34)13-18(26)23(32)31(19)12-14-5-7-15(24)8-6-14/h5-11,18H,3-4,12-13,26H2,1-2H3/t18-/m0/s1. The highest BCUT2D eigenvalue weighted by Crippen LogP contribution is 2.36. The Morgan fingerprint density at radius 2 is 1.89 bits per heavy atom. The van der Waals surface area contributed by atoms with Gasteiger partial charge in [0.2, 0.25) is 5.91 Å². The van der Waals surface area contributed by atoms with Gasteiger partial charge in [-0.05, 0) is 43.7 Å². The Morgan fingerprint density at radius 3 is 2.54 bits per heavy atom. The van der Waals surface area contributed by atoms with Gasteiger partial charge in [-0.25, -0.2) is 17.8 Å². The van der Waals surface area contributed by atoms with E-state index in [1.165, 1.54) is 17.2 Å². The van der Waals surface area contributed by atoms with E-state index in [9.17, 15) is 13.2 Å². The van der Waals surface area contributed by atoms with Crippen LogP contribution in [0, 0.1) is 5.82 Å². The Balaban J connectivity index is 1.89. The van der Waals surface area contributed by atoms with Crippen molar-refractivity contribution in [3.63, 3.8) is 0 Å². The second-order valence-corrected chi connectivity index (χ2v) is 10.5. The normalized spacial score (nSPS) is 17.1. The van der Waals surface area contributed by atoms with Gasteiger partial charge >= 0.3 is 0 Å². The van der Waals surface area contributed by atoms with Crippen molar-refractivity contribution < 1.29 is 17.6 Å². The Labute approximate surface area is 207 Å². The fraction of sp³-hybridized carbons (Fsp3) is 0.304. The number of aromatic nitrogens is 3. The van der Waals surface area contributed by atoms with Crippen molar-refractivity contribution in [1.29, 1.82) is 0 Å². The van der Waals surface area contributed by atoms with E-state index in [1.54, 1.807) is 24.3 Å². The number of hydrogen-bond donors (Lipinski definition) is 1. The average Bonchev–Trinajstić information content (AvgIpc) is 2.89. The van der Waals surface area contributed by atoms with Crippen LogP contribution in [-0.4, -0.2) is 54.4 Å². The van der Waals surface area contributed by atoms with Crippen LogP contribution in [0.2, 0.25) is 5.02 Å². The molecule has 1 aliphatic rings. The molecule has 3 aromatic rings. The molecule has 0 saturated carbocycles. The second-order valence-electron chi connectivity index (χ2n) is 8.05. The predicted octanol–water partition coefficient (Wildman–Crippen LogP) is 2.83. The molecule has 4 rings (SSSR count). The van der Waals surface area contributed by atoms with Gasteiger partial charge in [0.1, 0.15) is 5.82 Å². The molecule has 2 heterocycles. The first-order chi connectivity index (χ1) is 16.6. The van der Waals surface area contributed by atoms with Crippen LogP contribution in [-0.2, 0) is 21.2 Å². The van der Waals surface area contributed by atoms with Crippen molar-refractivity contribution in [2.24, 2.45) is 5.73 Å². The number of carbonyl (C=O) groups excluding carboxylic acids is 1. The molecule has 0 unspecified atom stereocenters. The maximum absolute atomic E-state index is 15.3. The van der Waals surface area contributed by atoms with Crippen LogP contribution >= 0.6 is 11.6 Å². The summed E-state index contributed by atoms with van der Waals surface area (Å²) in [5.74, 6) is -1.61. The average molecular weight is 519 g/mol. The van der Waals surface area contributed by atoms with E-state index in [0.29, 0.717) is 29.5 Å². The molecule has 0 radical (unpaired) electrons. The lowest BCUT2D eigenvalue weighted by atomic mass is 10.1. The quantitative estimate of drug-likeness (QED) is 0.528. The van der Waals surface area contributed by atoms with E-state index < -0.39 is 33.4 Å². The Kier molecular flexibility index (Phi) is 7.02. The van der Waals surface area contributed by atoms with Gasteiger partial charge in [0.25, 0.3) is 0 Å². The van der Waals surface area contributed by atoms with Gasteiger partial charge in [0, 0.05) is 18.1 Å². The van der Waals surface area contributed by atoms with Crippen molar-refractivity contribution in [2.75, 3.05) is 28.6 Å². The van der Waals surface area contributed by atoms with E-state index in [0.717, 1.165) is 6.07 Å². The fourth-order valence-electron chi connectivity index (χ4n) is 3.94. The highest BCUT2D eigenvalue weighted by molar-refractivity contribution is 7.91. The third-order valence-corrected chi connectivity index (χ3v) is 7.83. The summed E-state index contributed by atoms with van der Waals surface area (Å²) < 4.78 is 41.3. The smallest absolute Gasteiger partial charge is 0.245 e. The Hall–Kier alpha value is -3.15. The molecular weight excluding hydrogens is 495 g/mol. The molecule has 0 aliphatic carbocycles. The summed E-state index contributed by atoms with van der Waals surface area (Å²) in [4.78, 5) is 20.5. The number of halogens is 2. The molecule has 184 valence electrons. The van der Waals surface area contributed by atoms with Crippen molar-refractivity contribution in [2.45, 2.75) is 31.3 Å². The van der Waals surface area contributed by atoms with Crippen LogP contribution in [0.5, 0.6) is 0 Å². The zero-order valence-corrected chi connectivity index (χ0v) is 20.7. The first-order valence-electron chi connectivity index (χ1n) is 11.0. The summed E-state index contributed by atoms with van der Waals surface area (Å²) >= 11 is 5.97. The number of benzene rings is 2. The lowest BCUT2D eigenvalue weighted by Crippen LogP contribution is -2.45. The number of amides is 1. The van der Waals surface area contributed by atoms with Gasteiger partial charge in [-0.15, -0.1) is 5.10 Å². The SMILES string of the molecule is CCN(CC)c1cnnc(-c2cc3c(cc2F)S(=O)(=O)C[C@H](N)C(=O)N3Cc2ccc(Cl)cc2)n1. The van der Waals surface area contributed by atoms with Gasteiger partial charge in [-0.2, -0.15) is 5.10 Å². The molecule has 0 fully saturated rings. The molecule has 0 bridgehead atoms. The largest absolute Gasteiger partial charge is 0.356 e. The monoisotopic (exact) mass is 518 g/mol. The van der Waals surface area contributed by atoms with Crippen molar-refractivity contribution in [3.8, 4) is 11.4 Å². The van der Waals surface area contributed by atoms with E-state index in [-0.39, 0.29) is 28.5 Å². The molecular formula is C23H24ClFN6O3S.